The Kier molecular flexibility index (Phi) is 4.55. The Bertz CT molecular complexity index is 708. The van der Waals surface area contributed by atoms with Gasteiger partial charge in [0.2, 0.25) is 0 Å². The predicted octanol–water partition coefficient (Wildman–Crippen LogP) is 5.39. The van der Waals surface area contributed by atoms with E-state index in [2.05, 4.69) is 0 Å². The molecule has 3 rings (SSSR count). The lowest BCUT2D eigenvalue weighted by molar-refractivity contribution is -0.119. The molecule has 0 N–H and O–H groups in total. The van der Waals surface area contributed by atoms with Crippen LogP contribution in [0, 0.1) is 0 Å². The number of allylic oxidation sites excluding steroid dienone is 2. The van der Waals surface area contributed by atoms with E-state index in [1.54, 1.807) is 0 Å². The third-order valence-corrected chi connectivity index (χ3v) is 4.95. The lowest BCUT2D eigenvalue weighted by atomic mass is 10.0. The molecular formula is C18H15ClO2S. The van der Waals surface area contributed by atoms with E-state index in [0.717, 1.165) is 10.5 Å². The van der Waals surface area contributed by atoms with Gasteiger partial charge in [0.05, 0.1) is 11.3 Å². The summed E-state index contributed by atoms with van der Waals surface area (Å²) in [5.41, 5.74) is 0.973. The van der Waals surface area contributed by atoms with Crippen LogP contribution in [0.3, 0.4) is 0 Å². The van der Waals surface area contributed by atoms with E-state index in [1.165, 1.54) is 11.8 Å². The van der Waals surface area contributed by atoms with Crippen molar-refractivity contribution < 1.29 is 9.53 Å². The third-order valence-electron chi connectivity index (χ3n) is 3.47. The van der Waals surface area contributed by atoms with Gasteiger partial charge in [0.25, 0.3) is 0 Å². The van der Waals surface area contributed by atoms with Crippen molar-refractivity contribution in [1.29, 1.82) is 0 Å². The highest BCUT2D eigenvalue weighted by Crippen LogP contribution is 2.39. The minimum atomic E-state index is -0.232. The quantitative estimate of drug-likeness (QED) is 0.754. The van der Waals surface area contributed by atoms with Crippen molar-refractivity contribution in [1.82, 2.24) is 0 Å². The van der Waals surface area contributed by atoms with Crippen LogP contribution in [0.5, 0.6) is 0 Å². The van der Waals surface area contributed by atoms with Crippen molar-refractivity contribution in [3.05, 3.63) is 75.8 Å². The lowest BCUT2D eigenvalue weighted by Gasteiger charge is -2.26. The Labute approximate surface area is 139 Å². The first-order valence-corrected chi connectivity index (χ1v) is 8.22. The van der Waals surface area contributed by atoms with Crippen LogP contribution >= 0.6 is 23.4 Å². The molecule has 0 saturated carbocycles. The number of Topliss-reactive ketones (excluding diaryl/α,β-unsaturated/α-hetero) is 1. The zero-order valence-corrected chi connectivity index (χ0v) is 13.7. The average Bonchev–Trinajstić information content (AvgIpc) is 2.52. The van der Waals surface area contributed by atoms with Crippen molar-refractivity contribution >= 4 is 29.1 Å². The molecule has 1 aliphatic heterocycles. The molecule has 0 fully saturated rings. The summed E-state index contributed by atoms with van der Waals surface area (Å²) in [7, 11) is 0. The highest BCUT2D eigenvalue weighted by Gasteiger charge is 2.28. The van der Waals surface area contributed by atoms with Crippen LogP contribution < -0.4 is 0 Å². The van der Waals surface area contributed by atoms with Crippen LogP contribution in [0.15, 0.2) is 70.2 Å². The van der Waals surface area contributed by atoms with Crippen molar-refractivity contribution in [2.45, 2.75) is 24.3 Å². The number of ether oxygens (including phenoxy) is 1. The maximum absolute atomic E-state index is 12.5. The lowest BCUT2D eigenvalue weighted by Crippen LogP contribution is -2.18. The molecule has 0 radical (unpaired) electrons. The average molecular weight is 331 g/mol. The molecule has 4 heteroatoms. The van der Waals surface area contributed by atoms with Gasteiger partial charge < -0.3 is 4.74 Å². The Morgan fingerprint density at radius 3 is 2.41 bits per heavy atom. The molecule has 0 spiro atoms. The normalized spacial score (nSPS) is 18.3. The smallest absolute Gasteiger partial charge is 0.176 e. The summed E-state index contributed by atoms with van der Waals surface area (Å²) >= 11 is 7.37. The second kappa shape index (κ2) is 6.59. The molecule has 0 aliphatic carbocycles. The molecule has 0 amide bonds. The topological polar surface area (TPSA) is 26.3 Å². The van der Waals surface area contributed by atoms with Crippen molar-refractivity contribution in [3.63, 3.8) is 0 Å². The van der Waals surface area contributed by atoms with E-state index in [9.17, 15) is 4.79 Å². The van der Waals surface area contributed by atoms with Gasteiger partial charge in [-0.3, -0.25) is 4.79 Å². The Hall–Kier alpha value is -1.71. The van der Waals surface area contributed by atoms with Crippen LogP contribution in [0.1, 0.15) is 25.0 Å². The third kappa shape index (κ3) is 3.37. The summed E-state index contributed by atoms with van der Waals surface area (Å²) in [6.45, 7) is 1.85. The summed E-state index contributed by atoms with van der Waals surface area (Å²) in [6.07, 6.45) is 0.124. The Morgan fingerprint density at radius 2 is 1.77 bits per heavy atom. The van der Waals surface area contributed by atoms with Crippen LogP contribution in [0.4, 0.5) is 0 Å². The van der Waals surface area contributed by atoms with Gasteiger partial charge in [-0.25, -0.2) is 0 Å². The van der Waals surface area contributed by atoms with E-state index in [0.29, 0.717) is 22.1 Å². The fourth-order valence-corrected chi connectivity index (χ4v) is 3.41. The number of carbonyl (C=O) groups is 1. The van der Waals surface area contributed by atoms with Gasteiger partial charge in [-0.2, -0.15) is 0 Å². The minimum Gasteiger partial charge on any atom is -0.489 e. The standard InChI is InChI=1S/C18H15ClO2S/c1-12-18(22-15-5-3-2-4-6-15)16(20)11-17(21-12)13-7-9-14(19)10-8-13/h2-10,17H,11H2,1H3. The molecule has 2 nitrogen and oxygen atoms in total. The summed E-state index contributed by atoms with van der Waals surface area (Å²) < 4.78 is 5.96. The Morgan fingerprint density at radius 1 is 1.09 bits per heavy atom. The molecule has 1 aliphatic rings. The summed E-state index contributed by atoms with van der Waals surface area (Å²) in [4.78, 5) is 14.2. The van der Waals surface area contributed by atoms with Gasteiger partial charge in [0, 0.05) is 9.92 Å². The first-order chi connectivity index (χ1) is 10.6. The van der Waals surface area contributed by atoms with Gasteiger partial charge in [-0.15, -0.1) is 0 Å². The number of thioether (sulfide) groups is 1. The van der Waals surface area contributed by atoms with E-state index in [4.69, 9.17) is 16.3 Å². The van der Waals surface area contributed by atoms with E-state index in [1.807, 2.05) is 61.5 Å². The van der Waals surface area contributed by atoms with Crippen molar-refractivity contribution in [3.8, 4) is 0 Å². The Balaban J connectivity index is 1.81. The molecule has 22 heavy (non-hydrogen) atoms. The summed E-state index contributed by atoms with van der Waals surface area (Å²) in [5.74, 6) is 0.808. The maximum atomic E-state index is 12.5. The molecule has 1 atom stereocenters. The molecule has 0 aromatic heterocycles. The zero-order valence-electron chi connectivity index (χ0n) is 12.1. The number of benzene rings is 2. The second-order valence-corrected chi connectivity index (χ2v) is 6.61. The monoisotopic (exact) mass is 330 g/mol. The highest BCUT2D eigenvalue weighted by atomic mass is 35.5. The number of hydrogen-bond acceptors (Lipinski definition) is 3. The molecule has 0 bridgehead atoms. The fraction of sp³-hybridized carbons (Fsp3) is 0.167. The van der Waals surface area contributed by atoms with Crippen molar-refractivity contribution in [2.24, 2.45) is 0 Å². The molecule has 2 aromatic carbocycles. The SMILES string of the molecule is CC1=C(Sc2ccccc2)C(=O)CC(c2ccc(Cl)cc2)O1. The van der Waals surface area contributed by atoms with Crippen molar-refractivity contribution in [2.75, 3.05) is 0 Å². The van der Waals surface area contributed by atoms with Gasteiger partial charge in [0.15, 0.2) is 5.78 Å². The number of halogens is 1. The molecule has 0 saturated heterocycles. The molecule has 2 aromatic rings. The van der Waals surface area contributed by atoms with Gasteiger partial charge in [0.1, 0.15) is 11.9 Å². The maximum Gasteiger partial charge on any atom is 0.176 e. The highest BCUT2D eigenvalue weighted by molar-refractivity contribution is 8.04. The summed E-state index contributed by atoms with van der Waals surface area (Å²) in [5, 5.41) is 0.679. The number of hydrogen-bond donors (Lipinski definition) is 0. The molecule has 1 heterocycles. The molecular weight excluding hydrogens is 316 g/mol. The molecule has 112 valence electrons. The van der Waals surface area contributed by atoms with E-state index < -0.39 is 0 Å². The van der Waals surface area contributed by atoms with Crippen LogP contribution in [0.2, 0.25) is 5.02 Å². The minimum absolute atomic E-state index is 0.123. The van der Waals surface area contributed by atoms with Crippen LogP contribution in [-0.4, -0.2) is 5.78 Å². The first-order valence-electron chi connectivity index (χ1n) is 7.02. The van der Waals surface area contributed by atoms with Crippen LogP contribution in [0.25, 0.3) is 0 Å². The largest absolute Gasteiger partial charge is 0.489 e. The van der Waals surface area contributed by atoms with Gasteiger partial charge in [-0.1, -0.05) is 53.7 Å². The first kappa shape index (κ1) is 15.2. The van der Waals surface area contributed by atoms with Gasteiger partial charge >= 0.3 is 0 Å². The predicted molar refractivity (Wildman–Crippen MR) is 89.9 cm³/mol. The summed E-state index contributed by atoms with van der Waals surface area (Å²) in [6, 6.07) is 17.3. The van der Waals surface area contributed by atoms with E-state index in [-0.39, 0.29) is 11.9 Å². The van der Waals surface area contributed by atoms with Gasteiger partial charge in [-0.05, 0) is 36.8 Å². The second-order valence-electron chi connectivity index (χ2n) is 5.09. The fourth-order valence-electron chi connectivity index (χ4n) is 2.36. The zero-order chi connectivity index (χ0) is 15.5. The number of carbonyl (C=O) groups excluding carboxylic acids is 1. The number of ketones is 1. The molecule has 1 unspecified atom stereocenters. The number of rotatable bonds is 3. The van der Waals surface area contributed by atoms with E-state index >= 15 is 0 Å². The van der Waals surface area contributed by atoms with Crippen LogP contribution in [-0.2, 0) is 9.53 Å².